The van der Waals surface area contributed by atoms with Crippen LogP contribution in [0.5, 0.6) is 0 Å². The average molecular weight is 265 g/mol. The van der Waals surface area contributed by atoms with E-state index < -0.39 is 5.91 Å². The number of carbonyl (C=O) groups excluding carboxylic acids is 1. The lowest BCUT2D eigenvalue weighted by atomic mass is 9.89. The fourth-order valence-electron chi connectivity index (χ4n) is 1.66. The van der Waals surface area contributed by atoms with Crippen molar-refractivity contribution in [3.63, 3.8) is 0 Å². The molecule has 0 spiro atoms. The predicted molar refractivity (Wildman–Crippen MR) is 78.1 cm³/mol. The van der Waals surface area contributed by atoms with E-state index >= 15 is 0 Å². The zero-order valence-corrected chi connectivity index (χ0v) is 11.8. The van der Waals surface area contributed by atoms with Gasteiger partial charge in [-0.3, -0.25) is 4.79 Å². The molecule has 106 valence electrons. The van der Waals surface area contributed by atoms with Gasteiger partial charge in [-0.05, 0) is 30.0 Å². The van der Waals surface area contributed by atoms with Gasteiger partial charge >= 0.3 is 0 Å². The number of nitrogens with one attached hydrogen (secondary N) is 1. The number of nitrogen functional groups attached to an aromatic ring is 1. The number of anilines is 2. The molecule has 1 rings (SSSR count). The SMILES string of the molecule is COCCC(C)(C)CNc1cc(C(N)=O)ccc1N. The Labute approximate surface area is 114 Å². The lowest BCUT2D eigenvalue weighted by Gasteiger charge is -2.25. The van der Waals surface area contributed by atoms with Crippen LogP contribution in [-0.4, -0.2) is 26.2 Å². The van der Waals surface area contributed by atoms with Crippen molar-refractivity contribution in [1.29, 1.82) is 0 Å². The molecule has 0 aliphatic heterocycles. The molecule has 5 N–H and O–H groups in total. The summed E-state index contributed by atoms with van der Waals surface area (Å²) < 4.78 is 5.09. The van der Waals surface area contributed by atoms with Crippen LogP contribution in [0.25, 0.3) is 0 Å². The van der Waals surface area contributed by atoms with Gasteiger partial charge in [-0.25, -0.2) is 0 Å². The van der Waals surface area contributed by atoms with E-state index in [1.807, 2.05) is 0 Å². The molecule has 0 fully saturated rings. The molecule has 0 bridgehead atoms. The van der Waals surface area contributed by atoms with Crippen LogP contribution in [-0.2, 0) is 4.74 Å². The van der Waals surface area contributed by atoms with Crippen molar-refractivity contribution in [1.82, 2.24) is 0 Å². The second-order valence-electron chi connectivity index (χ2n) is 5.43. The highest BCUT2D eigenvalue weighted by molar-refractivity contribution is 5.94. The maximum absolute atomic E-state index is 11.1. The molecule has 5 nitrogen and oxygen atoms in total. The Kier molecular flexibility index (Phi) is 5.18. The molecule has 1 aromatic rings. The third kappa shape index (κ3) is 4.79. The normalized spacial score (nSPS) is 11.3. The molecule has 19 heavy (non-hydrogen) atoms. The second-order valence-corrected chi connectivity index (χ2v) is 5.43. The van der Waals surface area contributed by atoms with Crippen LogP contribution in [0, 0.1) is 5.41 Å². The number of primary amides is 1. The Morgan fingerprint density at radius 3 is 2.68 bits per heavy atom. The maximum atomic E-state index is 11.1. The monoisotopic (exact) mass is 265 g/mol. The Balaban J connectivity index is 2.71. The van der Waals surface area contributed by atoms with Gasteiger partial charge in [-0.15, -0.1) is 0 Å². The summed E-state index contributed by atoms with van der Waals surface area (Å²) in [7, 11) is 1.69. The molecule has 1 aromatic carbocycles. The molecule has 0 saturated carbocycles. The number of carbonyl (C=O) groups is 1. The fraction of sp³-hybridized carbons (Fsp3) is 0.500. The van der Waals surface area contributed by atoms with E-state index in [0.29, 0.717) is 17.9 Å². The molecule has 0 atom stereocenters. The summed E-state index contributed by atoms with van der Waals surface area (Å²) in [5, 5.41) is 3.27. The highest BCUT2D eigenvalue weighted by Crippen LogP contribution is 2.25. The molecular weight excluding hydrogens is 242 g/mol. The highest BCUT2D eigenvalue weighted by atomic mass is 16.5. The van der Waals surface area contributed by atoms with E-state index in [1.54, 1.807) is 25.3 Å². The maximum Gasteiger partial charge on any atom is 0.248 e. The van der Waals surface area contributed by atoms with Crippen LogP contribution in [0.15, 0.2) is 18.2 Å². The Hall–Kier alpha value is -1.75. The van der Waals surface area contributed by atoms with Crippen molar-refractivity contribution in [3.8, 4) is 0 Å². The largest absolute Gasteiger partial charge is 0.397 e. The van der Waals surface area contributed by atoms with Crippen molar-refractivity contribution in [2.24, 2.45) is 11.1 Å². The van der Waals surface area contributed by atoms with E-state index in [4.69, 9.17) is 16.2 Å². The van der Waals surface area contributed by atoms with E-state index in [-0.39, 0.29) is 5.41 Å². The molecule has 5 heteroatoms. The molecule has 0 heterocycles. The first kappa shape index (κ1) is 15.3. The first-order valence-electron chi connectivity index (χ1n) is 6.28. The van der Waals surface area contributed by atoms with Gasteiger partial charge in [0.05, 0.1) is 11.4 Å². The minimum atomic E-state index is -0.457. The van der Waals surface area contributed by atoms with Gasteiger partial charge in [-0.1, -0.05) is 13.8 Å². The first-order valence-corrected chi connectivity index (χ1v) is 6.28. The van der Waals surface area contributed by atoms with Crippen LogP contribution in [0.4, 0.5) is 11.4 Å². The standard InChI is InChI=1S/C14H23N3O2/c1-14(2,6-7-19-3)9-17-12-8-10(13(16)18)4-5-11(12)15/h4-5,8,17H,6-7,9,15H2,1-3H3,(H2,16,18). The average Bonchev–Trinajstić information content (AvgIpc) is 2.35. The number of ether oxygens (including phenoxy) is 1. The minimum absolute atomic E-state index is 0.0746. The molecular formula is C14H23N3O2. The zero-order chi connectivity index (χ0) is 14.5. The third-order valence-corrected chi connectivity index (χ3v) is 3.08. The third-order valence-electron chi connectivity index (χ3n) is 3.08. The van der Waals surface area contributed by atoms with Crippen LogP contribution < -0.4 is 16.8 Å². The van der Waals surface area contributed by atoms with Gasteiger partial charge in [0, 0.05) is 25.8 Å². The van der Waals surface area contributed by atoms with Crippen LogP contribution >= 0.6 is 0 Å². The first-order chi connectivity index (χ1) is 8.85. The molecule has 1 amide bonds. The second kappa shape index (κ2) is 6.43. The molecule has 0 aromatic heterocycles. The number of amides is 1. The summed E-state index contributed by atoms with van der Waals surface area (Å²) >= 11 is 0. The Morgan fingerprint density at radius 1 is 1.42 bits per heavy atom. The van der Waals surface area contributed by atoms with Crippen LogP contribution in [0.2, 0.25) is 0 Å². The minimum Gasteiger partial charge on any atom is -0.397 e. The number of methoxy groups -OCH3 is 1. The topological polar surface area (TPSA) is 90.4 Å². The van der Waals surface area contributed by atoms with E-state index in [2.05, 4.69) is 19.2 Å². The quantitative estimate of drug-likeness (QED) is 0.656. The van der Waals surface area contributed by atoms with Crippen molar-refractivity contribution >= 4 is 17.3 Å². The smallest absolute Gasteiger partial charge is 0.248 e. The summed E-state index contributed by atoms with van der Waals surface area (Å²) in [4.78, 5) is 11.1. The number of rotatable bonds is 7. The highest BCUT2D eigenvalue weighted by Gasteiger charge is 2.17. The predicted octanol–water partition coefficient (Wildman–Crippen LogP) is 1.84. The number of nitrogens with two attached hydrogens (primary N) is 2. The summed E-state index contributed by atoms with van der Waals surface area (Å²) in [5.74, 6) is -0.457. The zero-order valence-electron chi connectivity index (χ0n) is 11.8. The van der Waals surface area contributed by atoms with Gasteiger partial charge in [0.1, 0.15) is 0 Å². The number of hydrogen-bond donors (Lipinski definition) is 3. The van der Waals surface area contributed by atoms with Crippen molar-refractivity contribution in [2.75, 3.05) is 31.3 Å². The van der Waals surface area contributed by atoms with Crippen molar-refractivity contribution in [2.45, 2.75) is 20.3 Å². The van der Waals surface area contributed by atoms with Crippen LogP contribution in [0.1, 0.15) is 30.6 Å². The van der Waals surface area contributed by atoms with Gasteiger partial charge in [0.15, 0.2) is 0 Å². The molecule has 0 radical (unpaired) electrons. The summed E-state index contributed by atoms with van der Waals surface area (Å²) in [6, 6.07) is 4.99. The fourth-order valence-corrected chi connectivity index (χ4v) is 1.66. The van der Waals surface area contributed by atoms with Gasteiger partial charge in [0.25, 0.3) is 0 Å². The molecule has 0 unspecified atom stereocenters. The summed E-state index contributed by atoms with van der Waals surface area (Å²) in [5.41, 5.74) is 13.0. The lowest BCUT2D eigenvalue weighted by molar-refractivity contribution is 0.100. The molecule has 0 aliphatic rings. The Morgan fingerprint density at radius 2 is 2.11 bits per heavy atom. The lowest BCUT2D eigenvalue weighted by Crippen LogP contribution is -2.25. The summed E-state index contributed by atoms with van der Waals surface area (Å²) in [6.45, 7) is 5.74. The Bertz CT molecular complexity index is 444. The van der Waals surface area contributed by atoms with Crippen molar-refractivity contribution < 1.29 is 9.53 Å². The molecule has 0 saturated heterocycles. The van der Waals surface area contributed by atoms with E-state index in [1.165, 1.54) is 0 Å². The molecule has 0 aliphatic carbocycles. The van der Waals surface area contributed by atoms with Crippen LogP contribution in [0.3, 0.4) is 0 Å². The van der Waals surface area contributed by atoms with E-state index in [0.717, 1.165) is 18.7 Å². The van der Waals surface area contributed by atoms with E-state index in [9.17, 15) is 4.79 Å². The summed E-state index contributed by atoms with van der Waals surface area (Å²) in [6.07, 6.45) is 0.936. The van der Waals surface area contributed by atoms with Gasteiger partial charge in [-0.2, -0.15) is 0 Å². The number of hydrogen-bond acceptors (Lipinski definition) is 4. The van der Waals surface area contributed by atoms with Crippen molar-refractivity contribution in [3.05, 3.63) is 23.8 Å². The van der Waals surface area contributed by atoms with Gasteiger partial charge in [0.2, 0.25) is 5.91 Å². The van der Waals surface area contributed by atoms with Gasteiger partial charge < -0.3 is 21.5 Å². The number of benzene rings is 1.